The Morgan fingerprint density at radius 1 is 1.13 bits per heavy atom. The van der Waals surface area contributed by atoms with E-state index in [9.17, 15) is 14.0 Å². The number of amides is 2. The summed E-state index contributed by atoms with van der Waals surface area (Å²) >= 11 is 0. The number of likely N-dealkylation sites (tertiary alicyclic amines) is 1. The van der Waals surface area contributed by atoms with Gasteiger partial charge in [-0.05, 0) is 56.2 Å². The van der Waals surface area contributed by atoms with Crippen molar-refractivity contribution in [3.8, 4) is 5.69 Å². The molecule has 6 nitrogen and oxygen atoms in total. The Kier molecular flexibility index (Phi) is 6.11. The molecular weight excluding hydrogens is 395 g/mol. The minimum absolute atomic E-state index is 0.0508. The van der Waals surface area contributed by atoms with Gasteiger partial charge >= 0.3 is 6.03 Å². The quantitative estimate of drug-likeness (QED) is 0.623. The van der Waals surface area contributed by atoms with Gasteiger partial charge in [0.1, 0.15) is 11.6 Å². The van der Waals surface area contributed by atoms with E-state index >= 15 is 0 Å². The maximum absolute atomic E-state index is 13.2. The summed E-state index contributed by atoms with van der Waals surface area (Å²) in [6, 6.07) is 14.9. The zero-order chi connectivity index (χ0) is 21.8. The van der Waals surface area contributed by atoms with Crippen molar-refractivity contribution in [2.75, 3.05) is 13.1 Å². The van der Waals surface area contributed by atoms with E-state index in [-0.39, 0.29) is 29.6 Å². The fraction of sp³-hybridized carbons (Fsp3) is 0.292. The summed E-state index contributed by atoms with van der Waals surface area (Å²) < 4.78 is 15.1. The summed E-state index contributed by atoms with van der Waals surface area (Å²) in [5.74, 6) is 0.0243. The molecule has 1 fully saturated rings. The lowest BCUT2D eigenvalue weighted by Gasteiger charge is -2.33. The van der Waals surface area contributed by atoms with Crippen LogP contribution in [0.4, 0.5) is 9.18 Å². The molecule has 1 aliphatic heterocycles. The number of hydrogen-bond donors (Lipinski definition) is 1. The molecule has 0 spiro atoms. The number of carbonyl (C=O) groups is 2. The first-order chi connectivity index (χ1) is 15.0. The fourth-order valence-electron chi connectivity index (χ4n) is 4.01. The highest BCUT2D eigenvalue weighted by atomic mass is 19.1. The molecule has 0 aliphatic carbocycles. The van der Waals surface area contributed by atoms with Crippen molar-refractivity contribution in [2.24, 2.45) is 5.92 Å². The van der Waals surface area contributed by atoms with Gasteiger partial charge in [-0.15, -0.1) is 0 Å². The van der Waals surface area contributed by atoms with E-state index in [0.717, 1.165) is 17.9 Å². The standard InChI is InChI=1S/C24H25FN4O2/c1-17(23-26-13-15-29(23)21-7-3-2-4-8-21)27-24(31)28-14-5-6-19(16-28)22(30)18-9-11-20(25)12-10-18/h2-4,7-13,15,17,19H,5-6,14,16H2,1H3,(H,27,31). The number of nitrogens with one attached hydrogen (secondary N) is 1. The van der Waals surface area contributed by atoms with Crippen molar-refractivity contribution < 1.29 is 14.0 Å². The second-order valence-corrected chi connectivity index (χ2v) is 7.82. The number of carbonyl (C=O) groups excluding carboxylic acids is 2. The Hall–Kier alpha value is -3.48. The number of hydrogen-bond acceptors (Lipinski definition) is 3. The molecule has 2 amide bonds. The Balaban J connectivity index is 1.41. The van der Waals surface area contributed by atoms with E-state index < -0.39 is 0 Å². The van der Waals surface area contributed by atoms with Crippen LogP contribution < -0.4 is 5.32 Å². The molecule has 4 rings (SSSR count). The monoisotopic (exact) mass is 420 g/mol. The second kappa shape index (κ2) is 9.12. The molecule has 0 bridgehead atoms. The number of piperidine rings is 1. The molecule has 2 aromatic carbocycles. The lowest BCUT2D eigenvalue weighted by atomic mass is 9.90. The van der Waals surface area contributed by atoms with E-state index in [1.165, 1.54) is 24.3 Å². The van der Waals surface area contributed by atoms with Gasteiger partial charge < -0.3 is 14.8 Å². The van der Waals surface area contributed by atoms with Gasteiger partial charge in [0.25, 0.3) is 0 Å². The summed E-state index contributed by atoms with van der Waals surface area (Å²) in [6.45, 7) is 2.84. The van der Waals surface area contributed by atoms with E-state index in [0.29, 0.717) is 25.1 Å². The Morgan fingerprint density at radius 3 is 2.61 bits per heavy atom. The van der Waals surface area contributed by atoms with Gasteiger partial charge in [0.2, 0.25) is 0 Å². The molecule has 0 saturated carbocycles. The van der Waals surface area contributed by atoms with Gasteiger partial charge in [-0.3, -0.25) is 4.79 Å². The van der Waals surface area contributed by atoms with Gasteiger partial charge in [0.05, 0.1) is 6.04 Å². The number of Topliss-reactive ketones (excluding diaryl/α,β-unsaturated/α-hetero) is 1. The number of rotatable bonds is 5. The third-order valence-electron chi connectivity index (χ3n) is 5.64. The summed E-state index contributed by atoms with van der Waals surface area (Å²) in [5, 5.41) is 3.01. The van der Waals surface area contributed by atoms with Crippen molar-refractivity contribution in [1.82, 2.24) is 19.8 Å². The highest BCUT2D eigenvalue weighted by Crippen LogP contribution is 2.22. The molecule has 3 aromatic rings. The van der Waals surface area contributed by atoms with Crippen LogP contribution in [0.2, 0.25) is 0 Å². The van der Waals surface area contributed by atoms with Crippen molar-refractivity contribution in [3.63, 3.8) is 0 Å². The fourth-order valence-corrected chi connectivity index (χ4v) is 4.01. The number of urea groups is 1. The third kappa shape index (κ3) is 4.66. The van der Waals surface area contributed by atoms with Crippen molar-refractivity contribution >= 4 is 11.8 Å². The van der Waals surface area contributed by atoms with E-state index in [2.05, 4.69) is 10.3 Å². The number of benzene rings is 2. The predicted octanol–water partition coefficient (Wildman–Crippen LogP) is 4.38. The number of imidazole rings is 1. The highest BCUT2D eigenvalue weighted by Gasteiger charge is 2.30. The van der Waals surface area contributed by atoms with Crippen LogP contribution in [-0.4, -0.2) is 39.4 Å². The number of para-hydroxylation sites is 1. The lowest BCUT2D eigenvalue weighted by molar-refractivity contribution is 0.0844. The minimum atomic E-state index is -0.371. The zero-order valence-electron chi connectivity index (χ0n) is 17.4. The lowest BCUT2D eigenvalue weighted by Crippen LogP contribution is -2.47. The first kappa shape index (κ1) is 20.8. The van der Waals surface area contributed by atoms with E-state index in [4.69, 9.17) is 0 Å². The van der Waals surface area contributed by atoms with Crippen LogP contribution in [0.3, 0.4) is 0 Å². The van der Waals surface area contributed by atoms with Crippen LogP contribution in [-0.2, 0) is 0 Å². The SMILES string of the molecule is CC(NC(=O)N1CCCC(C(=O)c2ccc(F)cc2)C1)c1nccn1-c1ccccc1. The van der Waals surface area contributed by atoms with E-state index in [1.54, 1.807) is 11.1 Å². The summed E-state index contributed by atoms with van der Waals surface area (Å²) in [5.41, 5.74) is 1.45. The topological polar surface area (TPSA) is 67.2 Å². The van der Waals surface area contributed by atoms with Crippen molar-refractivity contribution in [1.29, 1.82) is 0 Å². The van der Waals surface area contributed by atoms with Crippen LogP contribution in [0.15, 0.2) is 67.0 Å². The maximum Gasteiger partial charge on any atom is 0.317 e. The predicted molar refractivity (Wildman–Crippen MR) is 116 cm³/mol. The van der Waals surface area contributed by atoms with Crippen LogP contribution in [0.1, 0.15) is 42.0 Å². The molecule has 2 unspecified atom stereocenters. The number of aromatic nitrogens is 2. The van der Waals surface area contributed by atoms with Crippen molar-refractivity contribution in [3.05, 3.63) is 84.2 Å². The molecule has 0 radical (unpaired) electrons. The van der Waals surface area contributed by atoms with Gasteiger partial charge in [0, 0.05) is 42.7 Å². The molecule has 2 heterocycles. The van der Waals surface area contributed by atoms with Gasteiger partial charge in [-0.25, -0.2) is 14.2 Å². The number of halogens is 1. The Labute approximate surface area is 180 Å². The zero-order valence-corrected chi connectivity index (χ0v) is 17.4. The number of nitrogens with zero attached hydrogens (tertiary/aromatic N) is 3. The third-order valence-corrected chi connectivity index (χ3v) is 5.64. The summed E-state index contributed by atoms with van der Waals surface area (Å²) in [7, 11) is 0. The molecule has 31 heavy (non-hydrogen) atoms. The van der Waals surface area contributed by atoms with Gasteiger partial charge in [-0.1, -0.05) is 18.2 Å². The van der Waals surface area contributed by atoms with Crippen LogP contribution in [0.25, 0.3) is 5.69 Å². The van der Waals surface area contributed by atoms with E-state index in [1.807, 2.05) is 48.0 Å². The molecule has 1 saturated heterocycles. The average Bonchev–Trinajstić information content (AvgIpc) is 3.30. The smallest absolute Gasteiger partial charge is 0.317 e. The molecule has 160 valence electrons. The summed E-state index contributed by atoms with van der Waals surface area (Å²) in [6.07, 6.45) is 5.04. The second-order valence-electron chi connectivity index (χ2n) is 7.82. The first-order valence-electron chi connectivity index (χ1n) is 10.5. The first-order valence-corrected chi connectivity index (χ1v) is 10.5. The Morgan fingerprint density at radius 2 is 1.87 bits per heavy atom. The van der Waals surface area contributed by atoms with Crippen LogP contribution in [0.5, 0.6) is 0 Å². The average molecular weight is 420 g/mol. The molecule has 1 aliphatic rings. The molecular formula is C24H25FN4O2. The normalized spacial score (nSPS) is 17.2. The molecule has 1 aromatic heterocycles. The summed E-state index contributed by atoms with van der Waals surface area (Å²) in [4.78, 5) is 31.8. The van der Waals surface area contributed by atoms with Gasteiger partial charge in [0.15, 0.2) is 5.78 Å². The largest absolute Gasteiger partial charge is 0.328 e. The van der Waals surface area contributed by atoms with Crippen LogP contribution in [0, 0.1) is 11.7 Å². The number of ketones is 1. The Bertz CT molecular complexity index is 1050. The van der Waals surface area contributed by atoms with Crippen LogP contribution >= 0.6 is 0 Å². The highest BCUT2D eigenvalue weighted by molar-refractivity contribution is 5.98. The molecule has 2 atom stereocenters. The van der Waals surface area contributed by atoms with Crippen molar-refractivity contribution in [2.45, 2.75) is 25.8 Å². The van der Waals surface area contributed by atoms with Gasteiger partial charge in [-0.2, -0.15) is 0 Å². The molecule has 7 heteroatoms. The maximum atomic E-state index is 13.2. The minimum Gasteiger partial charge on any atom is -0.328 e. The molecule has 1 N–H and O–H groups in total.